The molecule has 1 aliphatic carbocycles. The summed E-state index contributed by atoms with van der Waals surface area (Å²) in [6.45, 7) is 9.53. The monoisotopic (exact) mass is 1150 g/mol. The Balaban J connectivity index is 0.817. The smallest absolute Gasteiger partial charge is 0.157 e. The van der Waals surface area contributed by atoms with E-state index in [1.807, 2.05) is 0 Å². The fourth-order valence-corrected chi connectivity index (χ4v) is 13.4. The second kappa shape index (κ2) is 36.2. The van der Waals surface area contributed by atoms with Crippen LogP contribution in [-0.2, 0) is 24.4 Å². The molecule has 9 rings (SSSR count). The zero-order valence-corrected chi connectivity index (χ0v) is 52.7. The van der Waals surface area contributed by atoms with Crippen molar-refractivity contribution in [3.63, 3.8) is 0 Å². The molecule has 6 aromatic carbocycles. The summed E-state index contributed by atoms with van der Waals surface area (Å²) in [5, 5.41) is 0. The Kier molecular flexibility index (Phi) is 27.3. The Morgan fingerprint density at radius 3 is 0.988 bits per heavy atom. The average molecular weight is 1150 g/mol. The zero-order valence-electron chi connectivity index (χ0n) is 52.7. The van der Waals surface area contributed by atoms with Crippen LogP contribution in [0.4, 0.5) is 0 Å². The summed E-state index contributed by atoms with van der Waals surface area (Å²) < 4.78 is 35.6. The Bertz CT molecular complexity index is 2580. The standard InChI is InChI=1S/C79H106O6/c1-3-5-7-9-15-23-53-79(54-24-16-10-8-6-4-2)75-61-69(67-37-33-63(34-38-67)65-41-47-71(48-42-65)80-55-25-17-11-13-19-27-57-82-77-31-21-29-59-84-77)45-51-73(75)74-52-46-70(62-76(74)79)68-39-35-64(36-40-68)66-43-49-72(50-44-66)81-56-26-18-12-14-20-28-58-83-78-32-22-30-60-85-78/h33-52,61-62,77-78H,3-32,53-60H2,1-2H3. The summed E-state index contributed by atoms with van der Waals surface area (Å²) >= 11 is 0. The minimum Gasteiger partial charge on any atom is -0.494 e. The molecule has 85 heavy (non-hydrogen) atoms. The van der Waals surface area contributed by atoms with Gasteiger partial charge in [0.1, 0.15) is 11.5 Å². The van der Waals surface area contributed by atoms with Gasteiger partial charge in [0.25, 0.3) is 0 Å². The third-order valence-corrected chi connectivity index (χ3v) is 18.6. The van der Waals surface area contributed by atoms with Crippen molar-refractivity contribution in [2.75, 3.05) is 39.6 Å². The van der Waals surface area contributed by atoms with Gasteiger partial charge in [0.05, 0.1) is 13.2 Å². The summed E-state index contributed by atoms with van der Waals surface area (Å²) in [4.78, 5) is 0. The van der Waals surface area contributed by atoms with Gasteiger partial charge >= 0.3 is 0 Å². The number of unbranched alkanes of at least 4 members (excludes halogenated alkanes) is 20. The maximum absolute atomic E-state index is 6.20. The first kappa shape index (κ1) is 64.2. The molecule has 0 amide bonds. The van der Waals surface area contributed by atoms with Gasteiger partial charge in [-0.05, 0) is 180 Å². The molecule has 0 radical (unpaired) electrons. The summed E-state index contributed by atoms with van der Waals surface area (Å²) in [7, 11) is 0. The molecule has 0 spiro atoms. The molecule has 0 N–H and O–H groups in total. The van der Waals surface area contributed by atoms with Crippen molar-refractivity contribution in [2.24, 2.45) is 0 Å². The van der Waals surface area contributed by atoms with E-state index in [1.54, 1.807) is 11.1 Å². The van der Waals surface area contributed by atoms with Gasteiger partial charge < -0.3 is 28.4 Å². The highest BCUT2D eigenvalue weighted by Crippen LogP contribution is 2.56. The number of hydrogen-bond acceptors (Lipinski definition) is 6. The molecule has 2 atom stereocenters. The van der Waals surface area contributed by atoms with Gasteiger partial charge in [-0.15, -0.1) is 0 Å². The lowest BCUT2D eigenvalue weighted by atomic mass is 9.70. The van der Waals surface area contributed by atoms with E-state index in [4.69, 9.17) is 28.4 Å². The van der Waals surface area contributed by atoms with Crippen molar-refractivity contribution >= 4 is 0 Å². The lowest BCUT2D eigenvalue weighted by molar-refractivity contribution is -0.163. The third kappa shape index (κ3) is 19.9. The average Bonchev–Trinajstić information content (AvgIpc) is 1.64. The van der Waals surface area contributed by atoms with Gasteiger partial charge in [-0.1, -0.05) is 239 Å². The van der Waals surface area contributed by atoms with Crippen molar-refractivity contribution in [1.29, 1.82) is 0 Å². The molecule has 2 heterocycles. The summed E-state index contributed by atoms with van der Waals surface area (Å²) in [6.07, 6.45) is 39.3. The Morgan fingerprint density at radius 2 is 0.635 bits per heavy atom. The van der Waals surface area contributed by atoms with Crippen LogP contribution in [0.25, 0.3) is 55.6 Å². The van der Waals surface area contributed by atoms with Crippen LogP contribution in [0.3, 0.4) is 0 Å². The molecule has 0 aromatic heterocycles. The molecule has 2 unspecified atom stereocenters. The first-order valence-corrected chi connectivity index (χ1v) is 34.5. The van der Waals surface area contributed by atoms with Crippen molar-refractivity contribution in [3.05, 3.63) is 145 Å². The van der Waals surface area contributed by atoms with E-state index in [2.05, 4.69) is 147 Å². The number of benzene rings is 6. The Morgan fingerprint density at radius 1 is 0.329 bits per heavy atom. The first-order chi connectivity index (χ1) is 42.1. The molecule has 0 saturated carbocycles. The van der Waals surface area contributed by atoms with E-state index >= 15 is 0 Å². The van der Waals surface area contributed by atoms with Crippen LogP contribution >= 0.6 is 0 Å². The van der Waals surface area contributed by atoms with E-state index in [1.165, 1.54) is 223 Å². The molecule has 2 fully saturated rings. The highest BCUT2D eigenvalue weighted by molar-refractivity contribution is 5.86. The number of fused-ring (bicyclic) bond motifs is 3. The predicted octanol–water partition coefficient (Wildman–Crippen LogP) is 22.6. The van der Waals surface area contributed by atoms with Gasteiger partial charge in [-0.25, -0.2) is 0 Å². The van der Waals surface area contributed by atoms with Crippen molar-refractivity contribution < 1.29 is 28.4 Å². The highest BCUT2D eigenvalue weighted by atomic mass is 16.7. The SMILES string of the molecule is CCCCCCCCC1(CCCCCCCC)c2cc(-c3ccc(-c4ccc(OCCCCCCCCOC5CCCCO5)cc4)cc3)ccc2-c2ccc(-c3ccc(-c4ccc(OCCCCCCCCOC5CCCCO5)cc4)cc3)cc21. The second-order valence-electron chi connectivity index (χ2n) is 25.1. The van der Waals surface area contributed by atoms with E-state index in [-0.39, 0.29) is 18.0 Å². The second-order valence-corrected chi connectivity index (χ2v) is 25.1. The van der Waals surface area contributed by atoms with Gasteiger partial charge in [-0.2, -0.15) is 0 Å². The summed E-state index contributed by atoms with van der Waals surface area (Å²) in [5.74, 6) is 1.90. The molecule has 6 nitrogen and oxygen atoms in total. The molecule has 2 saturated heterocycles. The molecule has 458 valence electrons. The molecule has 6 heteroatoms. The van der Waals surface area contributed by atoms with Gasteiger partial charge in [0.2, 0.25) is 0 Å². The normalized spacial score (nSPS) is 16.3. The Hall–Kier alpha value is -5.24. The predicted molar refractivity (Wildman–Crippen MR) is 356 cm³/mol. The lowest BCUT2D eigenvalue weighted by Crippen LogP contribution is -2.25. The fourth-order valence-electron chi connectivity index (χ4n) is 13.4. The van der Waals surface area contributed by atoms with Crippen LogP contribution < -0.4 is 9.47 Å². The summed E-state index contributed by atoms with van der Waals surface area (Å²) in [6, 6.07) is 50.9. The van der Waals surface area contributed by atoms with Crippen LogP contribution in [0.2, 0.25) is 0 Å². The van der Waals surface area contributed by atoms with Gasteiger partial charge in [0, 0.05) is 31.8 Å². The molecule has 6 aromatic rings. The van der Waals surface area contributed by atoms with Crippen molar-refractivity contribution in [3.8, 4) is 67.1 Å². The highest BCUT2D eigenvalue weighted by Gasteiger charge is 2.42. The van der Waals surface area contributed by atoms with Crippen molar-refractivity contribution in [2.45, 2.75) is 237 Å². The van der Waals surface area contributed by atoms with Gasteiger partial charge in [0.15, 0.2) is 12.6 Å². The molecular weight excluding hydrogens is 1040 g/mol. The minimum atomic E-state index is -0.0285. The van der Waals surface area contributed by atoms with Crippen molar-refractivity contribution in [1.82, 2.24) is 0 Å². The van der Waals surface area contributed by atoms with Crippen LogP contribution in [0, 0.1) is 0 Å². The van der Waals surface area contributed by atoms with Gasteiger partial charge in [-0.3, -0.25) is 0 Å². The quantitative estimate of drug-likeness (QED) is 0.0357. The Labute approximate surface area is 514 Å². The lowest BCUT2D eigenvalue weighted by Gasteiger charge is -2.33. The van der Waals surface area contributed by atoms with Crippen LogP contribution in [-0.4, -0.2) is 52.2 Å². The zero-order chi connectivity index (χ0) is 58.4. The maximum atomic E-state index is 6.20. The molecular formula is C79H106O6. The summed E-state index contributed by atoms with van der Waals surface area (Å²) in [5.41, 5.74) is 16.0. The molecule has 2 aliphatic heterocycles. The van der Waals surface area contributed by atoms with Crippen LogP contribution in [0.5, 0.6) is 11.5 Å². The molecule has 3 aliphatic rings. The maximum Gasteiger partial charge on any atom is 0.157 e. The fraction of sp³-hybridized carbons (Fsp3) is 0.544. The van der Waals surface area contributed by atoms with E-state index in [0.29, 0.717) is 0 Å². The van der Waals surface area contributed by atoms with Crippen LogP contribution in [0.1, 0.15) is 230 Å². The number of hydrogen-bond donors (Lipinski definition) is 0. The molecule has 0 bridgehead atoms. The van der Waals surface area contributed by atoms with Crippen LogP contribution in [0.15, 0.2) is 133 Å². The number of rotatable bonds is 40. The number of ether oxygens (including phenoxy) is 6. The first-order valence-electron chi connectivity index (χ1n) is 34.5. The van der Waals surface area contributed by atoms with E-state index in [0.717, 1.165) is 89.7 Å². The van der Waals surface area contributed by atoms with E-state index in [9.17, 15) is 0 Å². The third-order valence-electron chi connectivity index (χ3n) is 18.6. The minimum absolute atomic E-state index is 0.0285. The van der Waals surface area contributed by atoms with E-state index < -0.39 is 0 Å². The topological polar surface area (TPSA) is 55.4 Å². The largest absolute Gasteiger partial charge is 0.494 e.